The molecule has 0 amide bonds. The molecule has 0 spiro atoms. The highest BCUT2D eigenvalue weighted by Crippen LogP contribution is 2.39. The van der Waals surface area contributed by atoms with Crippen molar-refractivity contribution in [3.05, 3.63) is 0 Å². The van der Waals surface area contributed by atoms with E-state index in [4.69, 9.17) is 14.2 Å². The first-order valence-electron chi connectivity index (χ1n) is 5.61. The molecule has 110 valence electrons. The summed E-state index contributed by atoms with van der Waals surface area (Å²) in [4.78, 5) is 22.1. The van der Waals surface area contributed by atoms with Gasteiger partial charge < -0.3 is 28.8 Å². The van der Waals surface area contributed by atoms with Gasteiger partial charge in [-0.15, -0.1) is 0 Å². The van der Waals surface area contributed by atoms with Gasteiger partial charge in [-0.2, -0.15) is 0 Å². The van der Waals surface area contributed by atoms with Crippen LogP contribution in [0.1, 0.15) is 13.8 Å². The van der Waals surface area contributed by atoms with Crippen LogP contribution in [0, 0.1) is 5.41 Å². The summed E-state index contributed by atoms with van der Waals surface area (Å²) < 4.78 is 23.7. The molecule has 0 aliphatic carbocycles. The van der Waals surface area contributed by atoms with Crippen LogP contribution in [0.4, 0.5) is 9.59 Å². The monoisotopic (exact) mass is 278 g/mol. The van der Waals surface area contributed by atoms with Crippen LogP contribution < -0.4 is 0 Å². The van der Waals surface area contributed by atoms with Crippen LogP contribution in [0.3, 0.4) is 0 Å². The number of aliphatic hydroxyl groups excluding tert-OH is 1. The van der Waals surface area contributed by atoms with Crippen molar-refractivity contribution in [2.24, 2.45) is 5.41 Å². The summed E-state index contributed by atoms with van der Waals surface area (Å²) in [6.07, 6.45) is -4.57. The van der Waals surface area contributed by atoms with E-state index >= 15 is 0 Å². The summed E-state index contributed by atoms with van der Waals surface area (Å²) in [6.45, 7) is 3.10. The lowest BCUT2D eigenvalue weighted by atomic mass is 9.86. The van der Waals surface area contributed by atoms with E-state index in [1.807, 2.05) is 0 Å². The third-order valence-corrected chi connectivity index (χ3v) is 2.93. The van der Waals surface area contributed by atoms with Crippen LogP contribution in [-0.2, 0) is 23.7 Å². The number of methoxy groups -OCH3 is 2. The number of hydrogen-bond acceptors (Lipinski definition) is 8. The van der Waals surface area contributed by atoms with E-state index in [0.29, 0.717) is 0 Å². The van der Waals surface area contributed by atoms with E-state index in [9.17, 15) is 14.7 Å². The van der Waals surface area contributed by atoms with Crippen LogP contribution in [-0.4, -0.2) is 56.7 Å². The van der Waals surface area contributed by atoms with Gasteiger partial charge in [0.1, 0.15) is 18.8 Å². The topological polar surface area (TPSA) is 101 Å². The standard InChI is InChI=1S/C11H18O8/c1-11(2)7(19-10(14)16-4)6(18-8(11)12)5-17-9(13)15-3/h6-8,12H,5H2,1-4H3/t6-,7-,8-/m1/s1. The van der Waals surface area contributed by atoms with Crippen LogP contribution in [0.25, 0.3) is 0 Å². The van der Waals surface area contributed by atoms with Gasteiger partial charge in [0.05, 0.1) is 19.6 Å². The first-order valence-corrected chi connectivity index (χ1v) is 5.61. The Morgan fingerprint density at radius 1 is 1.21 bits per heavy atom. The molecule has 1 rings (SSSR count). The molecule has 0 saturated carbocycles. The smallest absolute Gasteiger partial charge is 0.438 e. The molecular formula is C11H18O8. The fourth-order valence-electron chi connectivity index (χ4n) is 1.75. The van der Waals surface area contributed by atoms with Gasteiger partial charge in [0.15, 0.2) is 6.29 Å². The zero-order chi connectivity index (χ0) is 14.6. The third kappa shape index (κ3) is 3.48. The van der Waals surface area contributed by atoms with Gasteiger partial charge >= 0.3 is 12.3 Å². The summed E-state index contributed by atoms with van der Waals surface area (Å²) in [5.41, 5.74) is -0.863. The van der Waals surface area contributed by atoms with E-state index in [-0.39, 0.29) is 6.61 Å². The third-order valence-electron chi connectivity index (χ3n) is 2.93. The van der Waals surface area contributed by atoms with Crippen molar-refractivity contribution in [1.82, 2.24) is 0 Å². The van der Waals surface area contributed by atoms with Crippen LogP contribution >= 0.6 is 0 Å². The normalized spacial score (nSPS) is 28.6. The molecule has 8 nitrogen and oxygen atoms in total. The molecule has 0 radical (unpaired) electrons. The first kappa shape index (κ1) is 15.5. The zero-order valence-electron chi connectivity index (χ0n) is 11.2. The largest absolute Gasteiger partial charge is 0.508 e. The van der Waals surface area contributed by atoms with Crippen LogP contribution in [0.15, 0.2) is 0 Å². The highest BCUT2D eigenvalue weighted by atomic mass is 16.8. The maximum Gasteiger partial charge on any atom is 0.508 e. The van der Waals surface area contributed by atoms with Gasteiger partial charge in [-0.3, -0.25) is 0 Å². The Morgan fingerprint density at radius 3 is 2.32 bits per heavy atom. The molecule has 0 aromatic heterocycles. The molecule has 1 saturated heterocycles. The molecule has 3 atom stereocenters. The molecule has 1 N–H and O–H groups in total. The molecule has 8 heteroatoms. The molecule has 0 aromatic rings. The number of carbonyl (C=O) groups excluding carboxylic acids is 2. The minimum Gasteiger partial charge on any atom is -0.438 e. The van der Waals surface area contributed by atoms with E-state index in [1.54, 1.807) is 13.8 Å². The Morgan fingerprint density at radius 2 is 1.79 bits per heavy atom. The summed E-state index contributed by atoms with van der Waals surface area (Å²) in [5.74, 6) is 0. The predicted octanol–water partition coefficient (Wildman–Crippen LogP) is 0.664. The number of hydrogen-bond donors (Lipinski definition) is 1. The van der Waals surface area contributed by atoms with E-state index in [0.717, 1.165) is 0 Å². The second-order valence-corrected chi connectivity index (χ2v) is 4.61. The van der Waals surface area contributed by atoms with E-state index < -0.39 is 36.2 Å². The number of carbonyl (C=O) groups is 2. The van der Waals surface area contributed by atoms with Crippen molar-refractivity contribution in [2.45, 2.75) is 32.3 Å². The van der Waals surface area contributed by atoms with Crippen LogP contribution in [0.2, 0.25) is 0 Å². The summed E-state index contributed by atoms with van der Waals surface area (Å²) in [7, 11) is 2.33. The van der Waals surface area contributed by atoms with Crippen molar-refractivity contribution in [3.63, 3.8) is 0 Å². The van der Waals surface area contributed by atoms with Crippen molar-refractivity contribution >= 4 is 12.3 Å². The molecular weight excluding hydrogens is 260 g/mol. The minimum atomic E-state index is -1.16. The number of ether oxygens (including phenoxy) is 5. The lowest BCUT2D eigenvalue weighted by Crippen LogP contribution is -2.41. The molecule has 0 unspecified atom stereocenters. The van der Waals surface area contributed by atoms with Crippen molar-refractivity contribution in [2.75, 3.05) is 20.8 Å². The van der Waals surface area contributed by atoms with E-state index in [1.165, 1.54) is 14.2 Å². The van der Waals surface area contributed by atoms with Gasteiger partial charge in [-0.05, 0) is 0 Å². The first-order chi connectivity index (χ1) is 8.82. The highest BCUT2D eigenvalue weighted by molar-refractivity contribution is 5.60. The summed E-state index contributed by atoms with van der Waals surface area (Å²) in [6, 6.07) is 0. The average Bonchev–Trinajstić information content (AvgIpc) is 2.59. The fraction of sp³-hybridized carbons (Fsp3) is 0.818. The van der Waals surface area contributed by atoms with Gasteiger partial charge in [0.2, 0.25) is 0 Å². The summed E-state index contributed by atoms with van der Waals surface area (Å²) in [5, 5.41) is 9.78. The van der Waals surface area contributed by atoms with Crippen molar-refractivity contribution in [1.29, 1.82) is 0 Å². The molecule has 19 heavy (non-hydrogen) atoms. The zero-order valence-corrected chi connectivity index (χ0v) is 11.2. The Kier molecular flexibility index (Phi) is 4.96. The maximum atomic E-state index is 11.2. The number of rotatable bonds is 3. The summed E-state index contributed by atoms with van der Waals surface area (Å²) >= 11 is 0. The van der Waals surface area contributed by atoms with E-state index in [2.05, 4.69) is 9.47 Å². The van der Waals surface area contributed by atoms with Gasteiger partial charge in [0.25, 0.3) is 0 Å². The lowest BCUT2D eigenvalue weighted by molar-refractivity contribution is -0.135. The predicted molar refractivity (Wildman–Crippen MR) is 60.3 cm³/mol. The van der Waals surface area contributed by atoms with Gasteiger partial charge in [-0.25, -0.2) is 9.59 Å². The maximum absolute atomic E-state index is 11.2. The quantitative estimate of drug-likeness (QED) is 0.751. The second-order valence-electron chi connectivity index (χ2n) is 4.61. The van der Waals surface area contributed by atoms with Gasteiger partial charge in [0, 0.05) is 0 Å². The van der Waals surface area contributed by atoms with Crippen LogP contribution in [0.5, 0.6) is 0 Å². The molecule has 1 fully saturated rings. The molecule has 1 aliphatic rings. The Balaban J connectivity index is 2.72. The van der Waals surface area contributed by atoms with Crippen molar-refractivity contribution in [3.8, 4) is 0 Å². The SMILES string of the molecule is COC(=O)OC[C@H]1O[C@@H](O)C(C)(C)[C@@H]1OC(=O)OC. The lowest BCUT2D eigenvalue weighted by Gasteiger charge is -2.28. The second kappa shape index (κ2) is 6.07. The van der Waals surface area contributed by atoms with Crippen molar-refractivity contribution < 1.29 is 38.4 Å². The molecule has 0 bridgehead atoms. The minimum absolute atomic E-state index is 0.213. The fourth-order valence-corrected chi connectivity index (χ4v) is 1.75. The molecule has 0 aromatic carbocycles. The number of aliphatic hydroxyl groups is 1. The molecule has 1 aliphatic heterocycles. The average molecular weight is 278 g/mol. The Bertz CT molecular complexity index is 340. The Labute approximate surface area is 110 Å². The Hall–Kier alpha value is -1.54. The highest BCUT2D eigenvalue weighted by Gasteiger charge is 2.53. The molecule has 1 heterocycles. The van der Waals surface area contributed by atoms with Gasteiger partial charge in [-0.1, -0.05) is 13.8 Å².